The molecule has 2 aromatic rings. The van der Waals surface area contributed by atoms with Gasteiger partial charge in [-0.15, -0.1) is 0 Å². The molecule has 0 spiro atoms. The normalized spacial score (nSPS) is 15.3. The second-order valence-corrected chi connectivity index (χ2v) is 9.19. The summed E-state index contributed by atoms with van der Waals surface area (Å²) in [5.74, 6) is 0.911. The summed E-state index contributed by atoms with van der Waals surface area (Å²) in [5.41, 5.74) is 3.08. The highest BCUT2D eigenvalue weighted by Crippen LogP contribution is 2.16. The highest BCUT2D eigenvalue weighted by atomic mass is 32.2. The van der Waals surface area contributed by atoms with Crippen LogP contribution in [0.2, 0.25) is 0 Å². The fourth-order valence-corrected chi connectivity index (χ4v) is 4.22. The van der Waals surface area contributed by atoms with E-state index in [9.17, 15) is 8.42 Å². The van der Waals surface area contributed by atoms with Gasteiger partial charge in [-0.1, -0.05) is 42.5 Å². The van der Waals surface area contributed by atoms with E-state index in [1.54, 1.807) is 0 Å². The van der Waals surface area contributed by atoms with Crippen molar-refractivity contribution < 1.29 is 8.42 Å². The van der Waals surface area contributed by atoms with Crippen LogP contribution in [-0.2, 0) is 22.3 Å². The molecule has 1 heterocycles. The summed E-state index contributed by atoms with van der Waals surface area (Å²) in [6.45, 7) is 7.21. The Kier molecular flexibility index (Phi) is 7.70. The molecule has 0 radical (unpaired) electrons. The van der Waals surface area contributed by atoms with Crippen LogP contribution in [0.15, 0.2) is 59.6 Å². The van der Waals surface area contributed by atoms with Gasteiger partial charge in [-0.05, 0) is 37.2 Å². The van der Waals surface area contributed by atoms with Crippen LogP contribution in [0.5, 0.6) is 0 Å². The lowest BCUT2D eigenvalue weighted by atomic mass is 10.1. The van der Waals surface area contributed by atoms with E-state index in [-0.39, 0.29) is 5.75 Å². The molecule has 8 heteroatoms. The number of aliphatic imine (C=N–C) groups is 1. The van der Waals surface area contributed by atoms with Crippen LogP contribution in [0.3, 0.4) is 0 Å². The van der Waals surface area contributed by atoms with Crippen molar-refractivity contribution in [2.24, 2.45) is 4.99 Å². The number of nitrogens with one attached hydrogen (secondary N) is 2. The van der Waals surface area contributed by atoms with Crippen LogP contribution in [0.25, 0.3) is 0 Å². The van der Waals surface area contributed by atoms with Crippen molar-refractivity contribution >= 4 is 21.7 Å². The molecule has 1 fully saturated rings. The van der Waals surface area contributed by atoms with Gasteiger partial charge >= 0.3 is 0 Å². The van der Waals surface area contributed by atoms with Gasteiger partial charge in [0, 0.05) is 38.4 Å². The van der Waals surface area contributed by atoms with E-state index in [4.69, 9.17) is 4.99 Å². The van der Waals surface area contributed by atoms with Crippen LogP contribution in [0, 0.1) is 0 Å². The molecule has 1 aliphatic heterocycles. The molecule has 2 aromatic carbocycles. The van der Waals surface area contributed by atoms with Crippen LogP contribution < -0.4 is 14.9 Å². The lowest BCUT2D eigenvalue weighted by Crippen LogP contribution is -2.52. The van der Waals surface area contributed by atoms with E-state index < -0.39 is 10.0 Å². The molecular formula is C22H31N5O2S. The fourth-order valence-electron chi connectivity index (χ4n) is 3.44. The Labute approximate surface area is 179 Å². The SMILES string of the molecule is CCNC(=NCc1ccc(CS(=O)(=O)NC)cc1)N1CCN(c2ccccc2)CC1. The molecule has 0 unspecified atom stereocenters. The topological polar surface area (TPSA) is 77.0 Å². The quantitative estimate of drug-likeness (QED) is 0.520. The Morgan fingerprint density at radius 2 is 1.60 bits per heavy atom. The summed E-state index contributed by atoms with van der Waals surface area (Å²) < 4.78 is 25.7. The Morgan fingerprint density at radius 1 is 0.967 bits per heavy atom. The first-order chi connectivity index (χ1) is 14.5. The van der Waals surface area contributed by atoms with Gasteiger partial charge in [-0.3, -0.25) is 0 Å². The van der Waals surface area contributed by atoms with Gasteiger partial charge in [0.1, 0.15) is 0 Å². The third-order valence-electron chi connectivity index (χ3n) is 5.14. The molecule has 2 N–H and O–H groups in total. The van der Waals surface area contributed by atoms with Gasteiger partial charge < -0.3 is 15.1 Å². The minimum Gasteiger partial charge on any atom is -0.368 e. The summed E-state index contributed by atoms with van der Waals surface area (Å²) in [6, 6.07) is 18.1. The van der Waals surface area contributed by atoms with E-state index >= 15 is 0 Å². The summed E-state index contributed by atoms with van der Waals surface area (Å²) in [7, 11) is -1.82. The van der Waals surface area contributed by atoms with E-state index in [2.05, 4.69) is 51.0 Å². The first-order valence-electron chi connectivity index (χ1n) is 10.3. The van der Waals surface area contributed by atoms with Crippen molar-refractivity contribution in [3.8, 4) is 0 Å². The second-order valence-electron chi connectivity index (χ2n) is 7.26. The third-order valence-corrected chi connectivity index (χ3v) is 6.47. The zero-order valence-electron chi connectivity index (χ0n) is 17.7. The minimum atomic E-state index is -3.26. The number of piperazine rings is 1. The van der Waals surface area contributed by atoms with Gasteiger partial charge in [0.25, 0.3) is 0 Å². The largest absolute Gasteiger partial charge is 0.368 e. The maximum atomic E-state index is 11.7. The number of guanidine groups is 1. The molecular weight excluding hydrogens is 398 g/mol. The average Bonchev–Trinajstić information content (AvgIpc) is 2.78. The monoisotopic (exact) mass is 429 g/mol. The van der Waals surface area contributed by atoms with Crippen LogP contribution in [-0.4, -0.2) is 59.0 Å². The van der Waals surface area contributed by atoms with Crippen LogP contribution in [0.4, 0.5) is 5.69 Å². The number of hydrogen-bond donors (Lipinski definition) is 2. The number of hydrogen-bond acceptors (Lipinski definition) is 4. The average molecular weight is 430 g/mol. The maximum Gasteiger partial charge on any atom is 0.215 e. The summed E-state index contributed by atoms with van der Waals surface area (Å²) in [6.07, 6.45) is 0. The lowest BCUT2D eigenvalue weighted by Gasteiger charge is -2.37. The highest BCUT2D eigenvalue weighted by Gasteiger charge is 2.19. The van der Waals surface area contributed by atoms with Gasteiger partial charge in [-0.2, -0.15) is 0 Å². The van der Waals surface area contributed by atoms with Gasteiger partial charge in [0.15, 0.2) is 5.96 Å². The second kappa shape index (κ2) is 10.4. The van der Waals surface area contributed by atoms with Crippen molar-refractivity contribution in [2.45, 2.75) is 19.2 Å². The molecule has 0 bridgehead atoms. The first-order valence-corrected chi connectivity index (χ1v) is 12.0. The lowest BCUT2D eigenvalue weighted by molar-refractivity contribution is 0.372. The van der Waals surface area contributed by atoms with Crippen molar-refractivity contribution in [3.05, 3.63) is 65.7 Å². The molecule has 0 saturated carbocycles. The molecule has 0 atom stereocenters. The molecule has 1 aliphatic rings. The molecule has 30 heavy (non-hydrogen) atoms. The number of benzene rings is 2. The van der Waals surface area contributed by atoms with Crippen molar-refractivity contribution in [1.29, 1.82) is 0 Å². The highest BCUT2D eigenvalue weighted by molar-refractivity contribution is 7.88. The zero-order valence-corrected chi connectivity index (χ0v) is 18.5. The molecule has 0 amide bonds. The Morgan fingerprint density at radius 3 is 2.20 bits per heavy atom. The van der Waals surface area contributed by atoms with Gasteiger partial charge in [-0.25, -0.2) is 18.1 Å². The fraction of sp³-hybridized carbons (Fsp3) is 0.409. The van der Waals surface area contributed by atoms with E-state index in [0.29, 0.717) is 6.54 Å². The molecule has 3 rings (SSSR count). The molecule has 1 saturated heterocycles. The number of para-hydroxylation sites is 1. The summed E-state index contributed by atoms with van der Waals surface area (Å²) in [4.78, 5) is 9.51. The van der Waals surface area contributed by atoms with Crippen molar-refractivity contribution in [2.75, 3.05) is 44.7 Å². The smallest absolute Gasteiger partial charge is 0.215 e. The predicted molar refractivity (Wildman–Crippen MR) is 123 cm³/mol. The third kappa shape index (κ3) is 6.21. The summed E-state index contributed by atoms with van der Waals surface area (Å²) >= 11 is 0. The Bertz CT molecular complexity index is 922. The standard InChI is InChI=1S/C22H31N5O2S/c1-3-24-22(27-15-13-26(14-16-27)21-7-5-4-6-8-21)25-17-19-9-11-20(12-10-19)18-30(28,29)23-2/h4-12,23H,3,13-18H2,1-2H3,(H,24,25). The molecule has 162 valence electrons. The van der Waals surface area contributed by atoms with E-state index in [1.165, 1.54) is 12.7 Å². The maximum absolute atomic E-state index is 11.7. The number of nitrogens with zero attached hydrogens (tertiary/aromatic N) is 3. The number of sulfonamides is 1. The predicted octanol–water partition coefficient (Wildman–Crippen LogP) is 2.02. The van der Waals surface area contributed by atoms with Crippen LogP contribution >= 0.6 is 0 Å². The van der Waals surface area contributed by atoms with Gasteiger partial charge in [0.2, 0.25) is 10.0 Å². The molecule has 0 aromatic heterocycles. The van der Waals surface area contributed by atoms with Crippen molar-refractivity contribution in [1.82, 2.24) is 14.9 Å². The van der Waals surface area contributed by atoms with E-state index in [1.807, 2.05) is 30.3 Å². The molecule has 7 nitrogen and oxygen atoms in total. The number of anilines is 1. The number of rotatable bonds is 7. The zero-order chi connectivity index (χ0) is 21.4. The summed E-state index contributed by atoms with van der Waals surface area (Å²) in [5, 5.41) is 3.40. The van der Waals surface area contributed by atoms with Crippen molar-refractivity contribution in [3.63, 3.8) is 0 Å². The van der Waals surface area contributed by atoms with E-state index in [0.717, 1.165) is 49.8 Å². The minimum absolute atomic E-state index is 0.0125. The molecule has 0 aliphatic carbocycles. The van der Waals surface area contributed by atoms with Crippen LogP contribution in [0.1, 0.15) is 18.1 Å². The Balaban J connectivity index is 1.59. The Hall–Kier alpha value is -2.58. The van der Waals surface area contributed by atoms with Gasteiger partial charge in [0.05, 0.1) is 12.3 Å². The first kappa shape index (κ1) is 22.1.